The zero-order chi connectivity index (χ0) is 8.85. The highest BCUT2D eigenvalue weighted by molar-refractivity contribution is 8.03. The molecule has 0 radical (unpaired) electrons. The van der Waals surface area contributed by atoms with Crippen molar-refractivity contribution >= 4 is 17.7 Å². The molecule has 0 N–H and O–H groups in total. The summed E-state index contributed by atoms with van der Waals surface area (Å²) in [6.07, 6.45) is 0. The quantitative estimate of drug-likeness (QED) is 0.614. The number of carbonyl (C=O) groups excluding carboxylic acids is 1. The molecule has 2 nitrogen and oxygen atoms in total. The molecule has 0 unspecified atom stereocenters. The summed E-state index contributed by atoms with van der Waals surface area (Å²) in [7, 11) is 1.40. The first kappa shape index (κ1) is 10.6. The van der Waals surface area contributed by atoms with Crippen LogP contribution in [0.15, 0.2) is 10.5 Å². The van der Waals surface area contributed by atoms with Gasteiger partial charge in [0.1, 0.15) is 0 Å². The molecule has 3 heteroatoms. The predicted octanol–water partition coefficient (Wildman–Crippen LogP) is 2.21. The summed E-state index contributed by atoms with van der Waals surface area (Å²) in [6.45, 7) is 6.06. The molecule has 11 heavy (non-hydrogen) atoms. The molecule has 0 aromatic heterocycles. The highest BCUT2D eigenvalue weighted by Crippen LogP contribution is 2.18. The van der Waals surface area contributed by atoms with Crippen LogP contribution in [-0.2, 0) is 9.53 Å². The maximum Gasteiger partial charge on any atom is 0.315 e. The van der Waals surface area contributed by atoms with Crippen molar-refractivity contribution in [3.63, 3.8) is 0 Å². The van der Waals surface area contributed by atoms with Gasteiger partial charge >= 0.3 is 5.97 Å². The highest BCUT2D eigenvalue weighted by atomic mass is 32.2. The van der Waals surface area contributed by atoms with Crippen LogP contribution in [-0.4, -0.2) is 18.8 Å². The molecule has 0 aromatic rings. The van der Waals surface area contributed by atoms with Gasteiger partial charge in [-0.2, -0.15) is 0 Å². The molecular weight excluding hydrogens is 160 g/mol. The molecule has 0 saturated carbocycles. The van der Waals surface area contributed by atoms with Gasteiger partial charge in [0.2, 0.25) is 0 Å². The number of hydrogen-bond acceptors (Lipinski definition) is 3. The Hall–Kier alpha value is -0.440. The van der Waals surface area contributed by atoms with Crippen LogP contribution in [0.3, 0.4) is 0 Å². The number of methoxy groups -OCH3 is 1. The van der Waals surface area contributed by atoms with Crippen LogP contribution >= 0.6 is 11.8 Å². The van der Waals surface area contributed by atoms with E-state index in [2.05, 4.69) is 4.74 Å². The van der Waals surface area contributed by atoms with Crippen molar-refractivity contribution in [1.29, 1.82) is 0 Å². The normalized spacial score (nSPS) is 9.09. The van der Waals surface area contributed by atoms with E-state index in [1.165, 1.54) is 29.3 Å². The number of carbonyl (C=O) groups is 1. The van der Waals surface area contributed by atoms with Gasteiger partial charge in [-0.3, -0.25) is 4.79 Å². The molecule has 0 saturated heterocycles. The van der Waals surface area contributed by atoms with Gasteiger partial charge in [0.25, 0.3) is 0 Å². The molecule has 0 aliphatic carbocycles. The molecule has 0 heterocycles. The summed E-state index contributed by atoms with van der Waals surface area (Å²) < 4.78 is 4.50. The van der Waals surface area contributed by atoms with E-state index in [9.17, 15) is 4.79 Å². The van der Waals surface area contributed by atoms with E-state index in [1.807, 2.05) is 20.8 Å². The second kappa shape index (κ2) is 5.24. The maximum absolute atomic E-state index is 10.7. The standard InChI is InChI=1S/C8H14O2S/c1-6(2)7(3)11-5-8(9)10-4/h5H2,1-4H3. The number of thioether (sulfide) groups is 1. The predicted molar refractivity (Wildman–Crippen MR) is 48.5 cm³/mol. The van der Waals surface area contributed by atoms with Crippen LogP contribution in [0.4, 0.5) is 0 Å². The van der Waals surface area contributed by atoms with Crippen LogP contribution < -0.4 is 0 Å². The summed E-state index contributed by atoms with van der Waals surface area (Å²) >= 11 is 1.52. The van der Waals surface area contributed by atoms with E-state index in [-0.39, 0.29) is 5.97 Å². The zero-order valence-corrected chi connectivity index (χ0v) is 8.25. The lowest BCUT2D eigenvalue weighted by Crippen LogP contribution is -2.02. The molecule has 0 fully saturated rings. The highest BCUT2D eigenvalue weighted by Gasteiger charge is 2.00. The Kier molecular flexibility index (Phi) is 5.03. The van der Waals surface area contributed by atoms with Gasteiger partial charge in [0, 0.05) is 0 Å². The minimum Gasteiger partial charge on any atom is -0.468 e. The van der Waals surface area contributed by atoms with E-state index in [4.69, 9.17) is 0 Å². The number of allylic oxidation sites excluding steroid dienone is 2. The second-order valence-electron chi connectivity index (χ2n) is 2.42. The van der Waals surface area contributed by atoms with Crippen molar-refractivity contribution in [2.75, 3.05) is 12.9 Å². The van der Waals surface area contributed by atoms with Gasteiger partial charge in [0.05, 0.1) is 12.9 Å². The molecular formula is C8H14O2S. The third-order valence-electron chi connectivity index (χ3n) is 1.34. The van der Waals surface area contributed by atoms with Crippen LogP contribution in [0.5, 0.6) is 0 Å². The fraction of sp³-hybridized carbons (Fsp3) is 0.625. The number of ether oxygens (including phenoxy) is 1. The molecule has 0 bridgehead atoms. The third-order valence-corrected chi connectivity index (χ3v) is 2.56. The molecule has 0 spiro atoms. The average molecular weight is 174 g/mol. The smallest absolute Gasteiger partial charge is 0.315 e. The van der Waals surface area contributed by atoms with Crippen molar-refractivity contribution in [3.05, 3.63) is 10.5 Å². The molecule has 64 valence electrons. The van der Waals surface area contributed by atoms with Crippen LogP contribution in [0.25, 0.3) is 0 Å². The Balaban J connectivity index is 3.72. The van der Waals surface area contributed by atoms with Gasteiger partial charge in [-0.1, -0.05) is 5.57 Å². The van der Waals surface area contributed by atoms with E-state index < -0.39 is 0 Å². The first-order chi connectivity index (χ1) is 5.07. The molecule has 0 aliphatic rings. The fourth-order valence-corrected chi connectivity index (χ4v) is 1.11. The Labute approximate surface area is 72.0 Å². The lowest BCUT2D eigenvalue weighted by molar-refractivity contribution is -0.137. The van der Waals surface area contributed by atoms with E-state index in [0.717, 1.165) is 0 Å². The van der Waals surface area contributed by atoms with Gasteiger partial charge in [0.15, 0.2) is 0 Å². The van der Waals surface area contributed by atoms with Crippen LogP contribution in [0, 0.1) is 0 Å². The van der Waals surface area contributed by atoms with E-state index >= 15 is 0 Å². The second-order valence-corrected chi connectivity index (χ2v) is 3.61. The topological polar surface area (TPSA) is 26.3 Å². The zero-order valence-electron chi connectivity index (χ0n) is 7.43. The third kappa shape index (κ3) is 4.90. The van der Waals surface area contributed by atoms with Crippen molar-refractivity contribution in [1.82, 2.24) is 0 Å². The monoisotopic (exact) mass is 174 g/mol. The van der Waals surface area contributed by atoms with Gasteiger partial charge < -0.3 is 4.74 Å². The van der Waals surface area contributed by atoms with Crippen molar-refractivity contribution in [2.45, 2.75) is 20.8 Å². The number of esters is 1. The summed E-state index contributed by atoms with van der Waals surface area (Å²) in [6, 6.07) is 0. The lowest BCUT2D eigenvalue weighted by Gasteiger charge is -2.01. The molecule has 0 atom stereocenters. The van der Waals surface area contributed by atoms with Gasteiger partial charge in [-0.05, 0) is 25.7 Å². The first-order valence-electron chi connectivity index (χ1n) is 3.41. The lowest BCUT2D eigenvalue weighted by atomic mass is 10.3. The maximum atomic E-state index is 10.7. The molecule has 0 aromatic carbocycles. The Morgan fingerprint density at radius 2 is 1.91 bits per heavy atom. The van der Waals surface area contributed by atoms with E-state index in [1.54, 1.807) is 0 Å². The van der Waals surface area contributed by atoms with Crippen molar-refractivity contribution in [3.8, 4) is 0 Å². The largest absolute Gasteiger partial charge is 0.468 e. The number of hydrogen-bond donors (Lipinski definition) is 0. The minimum absolute atomic E-state index is 0.171. The first-order valence-corrected chi connectivity index (χ1v) is 4.40. The van der Waals surface area contributed by atoms with Gasteiger partial charge in [-0.15, -0.1) is 11.8 Å². The summed E-state index contributed by atoms with van der Waals surface area (Å²) in [5, 5.41) is 0. The van der Waals surface area contributed by atoms with E-state index in [0.29, 0.717) is 5.75 Å². The van der Waals surface area contributed by atoms with Crippen molar-refractivity contribution in [2.24, 2.45) is 0 Å². The summed E-state index contributed by atoms with van der Waals surface area (Å²) in [5.41, 5.74) is 1.25. The average Bonchev–Trinajstić information content (AvgIpc) is 1.99. The Bertz CT molecular complexity index is 169. The SMILES string of the molecule is COC(=O)CSC(C)=C(C)C. The summed E-state index contributed by atoms with van der Waals surface area (Å²) in [4.78, 5) is 11.9. The Morgan fingerprint density at radius 1 is 1.36 bits per heavy atom. The fourth-order valence-electron chi connectivity index (χ4n) is 0.370. The number of rotatable bonds is 3. The Morgan fingerprint density at radius 3 is 2.27 bits per heavy atom. The van der Waals surface area contributed by atoms with Crippen LogP contribution in [0.1, 0.15) is 20.8 Å². The van der Waals surface area contributed by atoms with Crippen LogP contribution in [0.2, 0.25) is 0 Å². The van der Waals surface area contributed by atoms with Crippen molar-refractivity contribution < 1.29 is 9.53 Å². The summed E-state index contributed by atoms with van der Waals surface area (Å²) in [5.74, 6) is 0.239. The van der Waals surface area contributed by atoms with Gasteiger partial charge in [-0.25, -0.2) is 0 Å². The minimum atomic E-state index is -0.171. The molecule has 0 aliphatic heterocycles. The molecule has 0 amide bonds. The molecule has 0 rings (SSSR count).